The average Bonchev–Trinajstić information content (AvgIpc) is 3.78. The third-order valence-electron chi connectivity index (χ3n) is 16.7. The topological polar surface area (TPSA) is 26.8 Å². The Balaban J connectivity index is 1.26. The molecule has 1 heterocycles. The van der Waals surface area contributed by atoms with Crippen LogP contribution in [0.25, 0.3) is 11.5 Å². The van der Waals surface area contributed by atoms with Crippen molar-refractivity contribution in [2.45, 2.75) is 342 Å². The molecule has 0 saturated carbocycles. The lowest BCUT2D eigenvalue weighted by molar-refractivity contribution is -0.347. The van der Waals surface area contributed by atoms with Crippen LogP contribution in [0.5, 0.6) is 0 Å². The van der Waals surface area contributed by atoms with Crippen LogP contribution in [-0.4, -0.2) is 10.4 Å². The summed E-state index contributed by atoms with van der Waals surface area (Å²) in [6, 6.07) is 17.8. The van der Waals surface area contributed by atoms with Gasteiger partial charge in [0.05, 0.1) is 0 Å². The Kier molecular flexibility index (Phi) is 44.3. The minimum Gasteiger partial charge on any atom is -0.448 e. The zero-order valence-corrected chi connectivity index (χ0v) is 50.9. The Morgan fingerprint density at radius 3 is 0.947 bits per heavy atom. The maximum Gasteiger partial charge on any atom is 0.215 e. The SMILES string of the molecule is CCCC=C1C=C(c2ccccc2CCCC=CCCCCCCCCCCCCCCCCCCCCCC)[N+]([NH-])=C1c1ccccc1CCCC=CCCCCCCCCCCCCCCCCCCCCCC. The van der Waals surface area contributed by atoms with Gasteiger partial charge in [-0.05, 0) is 93.9 Å². The van der Waals surface area contributed by atoms with Crippen molar-refractivity contribution >= 4 is 11.4 Å². The Labute approximate surface area is 474 Å². The molecule has 2 aromatic rings. The summed E-state index contributed by atoms with van der Waals surface area (Å²) in [4.78, 5) is 0. The number of benzene rings is 2. The van der Waals surface area contributed by atoms with Crippen LogP contribution in [0, 0.1) is 0 Å². The standard InChI is InChI=1S/C74H124N2/c1-4-7-10-12-14-16-18-20-22-24-26-28-30-32-34-36-38-40-42-44-46-48-50-52-54-61-68-63-56-58-65-71(68)73-67-70(60-9-6-3)74(76(73)75)72-66-59-57-64-69(72)62-55-53-51-49-47-45-43-41-39-37-35-33-31-29-27-25-23-21-19-17-15-13-11-8-5-2/h48-51,56-60,63-67,75H,4-47,52-55,61-62H2,1-3H3. The minimum absolute atomic E-state index is 1.02. The summed E-state index contributed by atoms with van der Waals surface area (Å²) in [5, 5.41) is 0. The van der Waals surface area contributed by atoms with Crippen LogP contribution in [0.1, 0.15) is 351 Å². The second kappa shape index (κ2) is 50.1. The van der Waals surface area contributed by atoms with E-state index in [4.69, 9.17) is 0 Å². The maximum absolute atomic E-state index is 9.63. The zero-order valence-electron chi connectivity index (χ0n) is 50.9. The molecule has 430 valence electrons. The van der Waals surface area contributed by atoms with Crippen LogP contribution in [0.2, 0.25) is 0 Å². The number of aryl methyl sites for hydroxylation is 2. The van der Waals surface area contributed by atoms with Gasteiger partial charge < -0.3 is 5.84 Å². The molecule has 3 rings (SSSR count). The monoisotopic (exact) mass is 1040 g/mol. The van der Waals surface area contributed by atoms with E-state index < -0.39 is 0 Å². The van der Waals surface area contributed by atoms with Crippen molar-refractivity contribution in [2.75, 3.05) is 0 Å². The zero-order chi connectivity index (χ0) is 53.9. The van der Waals surface area contributed by atoms with Gasteiger partial charge in [0, 0.05) is 22.8 Å². The van der Waals surface area contributed by atoms with E-state index in [1.807, 2.05) is 0 Å². The molecule has 1 N–H and O–H groups in total. The van der Waals surface area contributed by atoms with E-state index in [0.717, 1.165) is 62.8 Å². The van der Waals surface area contributed by atoms with E-state index in [-0.39, 0.29) is 0 Å². The van der Waals surface area contributed by atoms with Crippen LogP contribution in [-0.2, 0) is 12.8 Å². The van der Waals surface area contributed by atoms with Gasteiger partial charge in [-0.2, -0.15) is 0 Å². The number of nitrogens with zero attached hydrogens (tertiary/aromatic N) is 1. The van der Waals surface area contributed by atoms with Crippen molar-refractivity contribution in [1.29, 1.82) is 0 Å². The lowest BCUT2D eigenvalue weighted by Gasteiger charge is -2.13. The van der Waals surface area contributed by atoms with Crippen molar-refractivity contribution in [3.05, 3.63) is 119 Å². The number of allylic oxidation sites excluding steroid dienone is 7. The minimum atomic E-state index is 1.02. The molecule has 0 amide bonds. The summed E-state index contributed by atoms with van der Waals surface area (Å²) in [6.45, 7) is 6.87. The van der Waals surface area contributed by atoms with Gasteiger partial charge in [0.25, 0.3) is 0 Å². The van der Waals surface area contributed by atoms with Crippen LogP contribution in [0.15, 0.2) is 90.6 Å². The molecule has 2 aromatic carbocycles. The Morgan fingerprint density at radius 2 is 0.605 bits per heavy atom. The number of rotatable bonds is 54. The largest absolute Gasteiger partial charge is 0.448 e. The van der Waals surface area contributed by atoms with Gasteiger partial charge in [0.1, 0.15) is 0 Å². The summed E-state index contributed by atoms with van der Waals surface area (Å²) in [5.41, 5.74) is 8.44. The lowest BCUT2D eigenvalue weighted by atomic mass is 9.94. The van der Waals surface area contributed by atoms with E-state index in [1.54, 1.807) is 4.68 Å². The molecule has 0 aromatic heterocycles. The number of hydrogen-bond donors (Lipinski definition) is 0. The Bertz CT molecular complexity index is 1790. The number of unbranched alkanes of at least 4 members (excludes halogenated alkanes) is 43. The van der Waals surface area contributed by atoms with Gasteiger partial charge in [-0.25, -0.2) is 4.68 Å². The highest BCUT2D eigenvalue weighted by Crippen LogP contribution is 2.33. The van der Waals surface area contributed by atoms with Crippen LogP contribution < -0.4 is 0 Å². The second-order valence-electron chi connectivity index (χ2n) is 23.7. The summed E-state index contributed by atoms with van der Waals surface area (Å²) in [6.07, 6.45) is 83.1. The number of nitrogens with one attached hydrogen (secondary N) is 1. The highest BCUT2D eigenvalue weighted by molar-refractivity contribution is 6.15. The van der Waals surface area contributed by atoms with Gasteiger partial charge in [0.15, 0.2) is 0 Å². The molecule has 0 radical (unpaired) electrons. The van der Waals surface area contributed by atoms with Crippen molar-refractivity contribution in [3.8, 4) is 0 Å². The van der Waals surface area contributed by atoms with E-state index in [9.17, 15) is 5.84 Å². The highest BCUT2D eigenvalue weighted by atomic mass is 15.3. The molecule has 0 atom stereocenters. The quantitative estimate of drug-likeness (QED) is 0.0359. The second-order valence-corrected chi connectivity index (χ2v) is 23.7. The van der Waals surface area contributed by atoms with Crippen molar-refractivity contribution < 1.29 is 4.68 Å². The first-order valence-electron chi connectivity index (χ1n) is 34.0. The third-order valence-corrected chi connectivity index (χ3v) is 16.7. The molecular formula is C74H124N2. The van der Waals surface area contributed by atoms with Gasteiger partial charge in [0.2, 0.25) is 11.4 Å². The van der Waals surface area contributed by atoms with Crippen LogP contribution in [0.4, 0.5) is 0 Å². The predicted octanol–water partition coefficient (Wildman–Crippen LogP) is 25.4. The van der Waals surface area contributed by atoms with Gasteiger partial charge in [-0.15, -0.1) is 0 Å². The molecule has 76 heavy (non-hydrogen) atoms. The van der Waals surface area contributed by atoms with E-state index in [1.165, 1.54) is 298 Å². The molecule has 2 heteroatoms. The Morgan fingerprint density at radius 1 is 0.316 bits per heavy atom. The van der Waals surface area contributed by atoms with E-state index in [0.29, 0.717) is 0 Å². The molecule has 1 aliphatic heterocycles. The van der Waals surface area contributed by atoms with E-state index >= 15 is 0 Å². The summed E-state index contributed by atoms with van der Waals surface area (Å²) in [7, 11) is 0. The van der Waals surface area contributed by atoms with Gasteiger partial charge in [-0.3, -0.25) is 0 Å². The van der Waals surface area contributed by atoms with Crippen molar-refractivity contribution in [1.82, 2.24) is 0 Å². The summed E-state index contributed by atoms with van der Waals surface area (Å²) in [5.74, 6) is 9.63. The predicted molar refractivity (Wildman–Crippen MR) is 342 cm³/mol. The van der Waals surface area contributed by atoms with Crippen LogP contribution in [0.3, 0.4) is 0 Å². The normalized spacial score (nSPS) is 13.5. The van der Waals surface area contributed by atoms with Crippen molar-refractivity contribution in [3.63, 3.8) is 0 Å². The smallest absolute Gasteiger partial charge is 0.215 e. The van der Waals surface area contributed by atoms with Gasteiger partial charge in [-0.1, -0.05) is 338 Å². The maximum atomic E-state index is 9.63. The molecule has 0 bridgehead atoms. The summed E-state index contributed by atoms with van der Waals surface area (Å²) >= 11 is 0. The first kappa shape index (κ1) is 67.1. The molecule has 0 spiro atoms. The first-order chi connectivity index (χ1) is 37.7. The molecule has 0 saturated heterocycles. The fraction of sp³-hybridized carbons (Fsp3) is 0.716. The summed E-state index contributed by atoms with van der Waals surface area (Å²) < 4.78 is 1.76. The average molecular weight is 1040 g/mol. The van der Waals surface area contributed by atoms with Crippen molar-refractivity contribution in [2.24, 2.45) is 0 Å². The molecule has 0 fully saturated rings. The number of hydrogen-bond acceptors (Lipinski definition) is 0. The first-order valence-corrected chi connectivity index (χ1v) is 34.0. The highest BCUT2D eigenvalue weighted by Gasteiger charge is 2.30. The molecule has 1 aliphatic rings. The third kappa shape index (κ3) is 34.0. The lowest BCUT2D eigenvalue weighted by Crippen LogP contribution is -2.14. The Hall–Kier alpha value is -3.13. The molecule has 0 aliphatic carbocycles. The van der Waals surface area contributed by atoms with Crippen LogP contribution >= 0.6 is 0 Å². The molecule has 0 unspecified atom stereocenters. The molecule has 2 nitrogen and oxygen atoms in total. The fourth-order valence-corrected chi connectivity index (χ4v) is 11.7. The fourth-order valence-electron chi connectivity index (χ4n) is 11.7. The van der Waals surface area contributed by atoms with Gasteiger partial charge >= 0.3 is 0 Å². The molecular weight excluding hydrogens is 917 g/mol. The van der Waals surface area contributed by atoms with E-state index in [2.05, 4.69) is 106 Å².